The molecule has 1 saturated heterocycles. The third kappa shape index (κ3) is 2.99. The molecule has 76 valence electrons. The van der Waals surface area contributed by atoms with Gasteiger partial charge in [-0.3, -0.25) is 0 Å². The van der Waals surface area contributed by atoms with Gasteiger partial charge in [-0.1, -0.05) is 0 Å². The van der Waals surface area contributed by atoms with Gasteiger partial charge < -0.3 is 14.8 Å². The van der Waals surface area contributed by atoms with Gasteiger partial charge in [0.1, 0.15) is 0 Å². The van der Waals surface area contributed by atoms with E-state index in [1.807, 2.05) is 0 Å². The lowest BCUT2D eigenvalue weighted by molar-refractivity contribution is -0.951. The summed E-state index contributed by atoms with van der Waals surface area (Å²) >= 11 is 0. The number of hydrogen-bond acceptors (Lipinski definition) is 2. The normalized spacial score (nSPS) is 34.5. The molecule has 1 fully saturated rings. The maximum absolute atomic E-state index is 10.3. The average molecular weight is 185 g/mol. The van der Waals surface area contributed by atoms with Gasteiger partial charge in [0.25, 0.3) is 0 Å². The molecule has 1 rings (SSSR count). The number of rotatable bonds is 3. The fourth-order valence-electron chi connectivity index (χ4n) is 2.33. The van der Waals surface area contributed by atoms with Gasteiger partial charge >= 0.3 is 0 Å². The topological polar surface area (TPSA) is 44.6 Å². The number of carbonyl (C=O) groups excluding carboxylic acids is 1. The summed E-state index contributed by atoms with van der Waals surface area (Å²) in [7, 11) is 0. The molecule has 0 aliphatic carbocycles. The first-order valence-electron chi connectivity index (χ1n) is 5.16. The van der Waals surface area contributed by atoms with Gasteiger partial charge in [-0.05, 0) is 33.1 Å². The van der Waals surface area contributed by atoms with Crippen LogP contribution < -0.4 is 10.0 Å². The summed E-state index contributed by atoms with van der Waals surface area (Å²) in [6.07, 6.45) is 3.95. The highest BCUT2D eigenvalue weighted by Crippen LogP contribution is 2.07. The van der Waals surface area contributed by atoms with E-state index in [4.69, 9.17) is 0 Å². The van der Waals surface area contributed by atoms with E-state index >= 15 is 0 Å². The third-order valence-electron chi connectivity index (χ3n) is 3.16. The summed E-state index contributed by atoms with van der Waals surface area (Å²) in [5.41, 5.74) is 0. The molecule has 1 unspecified atom stereocenters. The Bertz CT molecular complexity index is 172. The Morgan fingerprint density at radius 2 is 1.92 bits per heavy atom. The summed E-state index contributed by atoms with van der Waals surface area (Å²) in [4.78, 5) is 11.8. The molecule has 0 aromatic heterocycles. The van der Waals surface area contributed by atoms with Crippen molar-refractivity contribution in [3.8, 4) is 0 Å². The van der Waals surface area contributed by atoms with Crippen molar-refractivity contribution in [1.82, 2.24) is 0 Å². The van der Waals surface area contributed by atoms with Gasteiger partial charge in [0.15, 0.2) is 0 Å². The van der Waals surface area contributed by atoms with Crippen LogP contribution >= 0.6 is 0 Å². The number of quaternary nitrogens is 1. The molecule has 1 aliphatic heterocycles. The van der Waals surface area contributed by atoms with Crippen molar-refractivity contribution in [2.75, 3.05) is 6.54 Å². The van der Waals surface area contributed by atoms with E-state index in [1.54, 1.807) is 0 Å². The van der Waals surface area contributed by atoms with Gasteiger partial charge in [-0.2, -0.15) is 0 Å². The second-order valence-corrected chi connectivity index (χ2v) is 4.18. The summed E-state index contributed by atoms with van der Waals surface area (Å²) in [6.45, 7) is 5.14. The van der Waals surface area contributed by atoms with E-state index in [1.165, 1.54) is 24.2 Å². The standard InChI is InChI=1S/C10H19NO2/c1-8-4-3-5-9(2)11(8)7-6-10(12)13/h8-9H,3-7H2,1-2H3,(H,12,13)/t8-,9+. The van der Waals surface area contributed by atoms with Crippen LogP contribution in [0.2, 0.25) is 0 Å². The lowest BCUT2D eigenvalue weighted by Gasteiger charge is -2.35. The first-order valence-corrected chi connectivity index (χ1v) is 5.16. The zero-order chi connectivity index (χ0) is 9.84. The van der Waals surface area contributed by atoms with E-state index in [2.05, 4.69) is 13.8 Å². The van der Waals surface area contributed by atoms with Gasteiger partial charge in [-0.25, -0.2) is 0 Å². The molecule has 3 heteroatoms. The quantitative estimate of drug-likeness (QED) is 0.611. The summed E-state index contributed by atoms with van der Waals surface area (Å²) < 4.78 is 0. The molecule has 0 aromatic carbocycles. The van der Waals surface area contributed by atoms with E-state index in [9.17, 15) is 9.90 Å². The highest BCUT2D eigenvalue weighted by atomic mass is 16.4. The van der Waals surface area contributed by atoms with Crippen molar-refractivity contribution >= 4 is 5.97 Å². The van der Waals surface area contributed by atoms with Crippen LogP contribution in [0.3, 0.4) is 0 Å². The predicted molar refractivity (Wildman–Crippen MR) is 48.2 cm³/mol. The zero-order valence-electron chi connectivity index (χ0n) is 8.51. The number of aliphatic carboxylic acids is 1. The van der Waals surface area contributed by atoms with Crippen molar-refractivity contribution in [1.29, 1.82) is 0 Å². The number of nitrogens with one attached hydrogen (secondary N) is 1. The van der Waals surface area contributed by atoms with E-state index in [-0.39, 0.29) is 6.42 Å². The Morgan fingerprint density at radius 3 is 2.38 bits per heavy atom. The molecule has 1 heterocycles. The van der Waals surface area contributed by atoms with Gasteiger partial charge in [0, 0.05) is 12.4 Å². The third-order valence-corrected chi connectivity index (χ3v) is 3.16. The SMILES string of the molecule is C[C@@H]1CCC[C@H](C)[NH+]1CCC(=O)[O-]. The Hall–Kier alpha value is -0.570. The van der Waals surface area contributed by atoms with Crippen LogP contribution in [0.5, 0.6) is 0 Å². The fourth-order valence-corrected chi connectivity index (χ4v) is 2.33. The molecule has 1 N–H and O–H groups in total. The number of hydrogen-bond donors (Lipinski definition) is 1. The molecule has 3 atom stereocenters. The zero-order valence-corrected chi connectivity index (χ0v) is 8.51. The van der Waals surface area contributed by atoms with Crippen LogP contribution in [0.1, 0.15) is 39.5 Å². The molecule has 0 radical (unpaired) electrons. The van der Waals surface area contributed by atoms with Gasteiger partial charge in [0.05, 0.1) is 18.6 Å². The van der Waals surface area contributed by atoms with Crippen molar-refractivity contribution in [2.45, 2.75) is 51.6 Å². The average Bonchev–Trinajstić information content (AvgIpc) is 2.03. The fraction of sp³-hybridized carbons (Fsp3) is 0.900. The van der Waals surface area contributed by atoms with Crippen LogP contribution in [-0.4, -0.2) is 24.6 Å². The molecular formula is C10H19NO2. The highest BCUT2D eigenvalue weighted by Gasteiger charge is 2.27. The molecule has 0 spiro atoms. The largest absolute Gasteiger partial charge is 0.550 e. The Morgan fingerprint density at radius 1 is 1.38 bits per heavy atom. The van der Waals surface area contributed by atoms with E-state index in [0.29, 0.717) is 12.1 Å². The molecule has 13 heavy (non-hydrogen) atoms. The Labute approximate surface area is 79.7 Å². The lowest BCUT2D eigenvalue weighted by Crippen LogP contribution is -3.19. The molecule has 0 bridgehead atoms. The van der Waals surface area contributed by atoms with Crippen LogP contribution in [0.15, 0.2) is 0 Å². The van der Waals surface area contributed by atoms with Crippen molar-refractivity contribution in [2.24, 2.45) is 0 Å². The van der Waals surface area contributed by atoms with Gasteiger partial charge in [-0.15, -0.1) is 0 Å². The minimum atomic E-state index is -0.919. The number of carboxylic acids is 1. The molecule has 1 aliphatic rings. The molecule has 0 aromatic rings. The Kier molecular flexibility index (Phi) is 3.72. The van der Waals surface area contributed by atoms with Crippen molar-refractivity contribution in [3.63, 3.8) is 0 Å². The molecule has 0 saturated carbocycles. The smallest absolute Gasteiger partial charge is 0.0848 e. The first-order chi connectivity index (χ1) is 6.11. The summed E-state index contributed by atoms with van der Waals surface area (Å²) in [5.74, 6) is -0.919. The first kappa shape index (κ1) is 10.5. The van der Waals surface area contributed by atoms with E-state index < -0.39 is 5.97 Å². The Balaban J connectivity index is 2.39. The minimum absolute atomic E-state index is 0.198. The van der Waals surface area contributed by atoms with Crippen LogP contribution in [-0.2, 0) is 4.79 Å². The van der Waals surface area contributed by atoms with Crippen molar-refractivity contribution in [3.05, 3.63) is 0 Å². The molecule has 3 nitrogen and oxygen atoms in total. The monoisotopic (exact) mass is 185 g/mol. The van der Waals surface area contributed by atoms with Crippen molar-refractivity contribution < 1.29 is 14.8 Å². The molecular weight excluding hydrogens is 166 g/mol. The number of likely N-dealkylation sites (tertiary alicyclic amines) is 1. The van der Waals surface area contributed by atoms with Crippen LogP contribution in [0.4, 0.5) is 0 Å². The number of carbonyl (C=O) groups is 1. The summed E-state index contributed by atoms with van der Waals surface area (Å²) in [5, 5.41) is 10.3. The summed E-state index contributed by atoms with van der Waals surface area (Å²) in [6, 6.07) is 1.23. The maximum Gasteiger partial charge on any atom is 0.0848 e. The maximum atomic E-state index is 10.3. The predicted octanol–water partition coefficient (Wildman–Crippen LogP) is -1.03. The number of piperidine rings is 1. The van der Waals surface area contributed by atoms with E-state index in [0.717, 1.165) is 6.54 Å². The highest BCUT2D eigenvalue weighted by molar-refractivity contribution is 5.64. The van der Waals surface area contributed by atoms with Crippen LogP contribution in [0.25, 0.3) is 0 Å². The second kappa shape index (κ2) is 4.61. The number of carboxylic acid groups (broad SMARTS) is 1. The molecule has 0 amide bonds. The second-order valence-electron chi connectivity index (χ2n) is 4.18. The minimum Gasteiger partial charge on any atom is -0.550 e. The lowest BCUT2D eigenvalue weighted by atomic mass is 9.97. The van der Waals surface area contributed by atoms with Gasteiger partial charge in [0.2, 0.25) is 0 Å². The van der Waals surface area contributed by atoms with Crippen LogP contribution in [0, 0.1) is 0 Å².